The lowest BCUT2D eigenvalue weighted by Gasteiger charge is -2.22. The van der Waals surface area contributed by atoms with Crippen LogP contribution in [0, 0.1) is 17.8 Å². The normalized spacial score (nSPS) is 12.6. The minimum Gasteiger partial charge on any atom is -0.478 e. The van der Waals surface area contributed by atoms with Gasteiger partial charge in [-0.2, -0.15) is 0 Å². The summed E-state index contributed by atoms with van der Waals surface area (Å²) in [6.45, 7) is 13.8. The third-order valence-electron chi connectivity index (χ3n) is 7.98. The van der Waals surface area contributed by atoms with E-state index >= 15 is 0 Å². The molecule has 1 rings (SSSR count). The van der Waals surface area contributed by atoms with Crippen molar-refractivity contribution in [2.45, 2.75) is 157 Å². The van der Waals surface area contributed by atoms with Gasteiger partial charge in [0.25, 0.3) is 0 Å². The SMILES string of the molecule is CCCCC(CC)Cc1c(CCCCCCC(C)C)ccc(C(=O)O)c1CCCCCCCC(C)C. The van der Waals surface area contributed by atoms with Crippen LogP contribution in [0.3, 0.4) is 0 Å². The highest BCUT2D eigenvalue weighted by Gasteiger charge is 2.20. The summed E-state index contributed by atoms with van der Waals surface area (Å²) in [5.41, 5.74) is 4.57. The van der Waals surface area contributed by atoms with Crippen LogP contribution in [-0.4, -0.2) is 11.1 Å². The number of hydrogen-bond donors (Lipinski definition) is 1. The maximum Gasteiger partial charge on any atom is 0.335 e. The minimum atomic E-state index is -0.745. The van der Waals surface area contributed by atoms with Gasteiger partial charge >= 0.3 is 5.97 Å². The molecule has 2 nitrogen and oxygen atoms in total. The summed E-state index contributed by atoms with van der Waals surface area (Å²) in [4.78, 5) is 12.2. The topological polar surface area (TPSA) is 37.3 Å². The maximum absolute atomic E-state index is 12.2. The van der Waals surface area contributed by atoms with Crippen molar-refractivity contribution in [1.82, 2.24) is 0 Å². The van der Waals surface area contributed by atoms with Crippen molar-refractivity contribution in [2.75, 3.05) is 0 Å². The standard InChI is InChI=1S/C34H60O2/c1-7-9-21-29(8-2)26-33-30(22-17-14-13-16-20-28(5)6)24-25-32(34(35)36)31(33)23-18-12-10-11-15-19-27(3)4/h24-25,27-29H,7-23,26H2,1-6H3,(H,35,36). The van der Waals surface area contributed by atoms with Gasteiger partial charge in [-0.25, -0.2) is 4.79 Å². The van der Waals surface area contributed by atoms with E-state index in [1.807, 2.05) is 6.07 Å². The average molecular weight is 501 g/mol. The summed E-state index contributed by atoms with van der Waals surface area (Å²) in [5.74, 6) is 1.51. The number of unbranched alkanes of at least 4 members (excludes halogenated alkanes) is 8. The van der Waals surface area contributed by atoms with Gasteiger partial charge in [0.1, 0.15) is 0 Å². The van der Waals surface area contributed by atoms with Gasteiger partial charge in [-0.15, -0.1) is 0 Å². The average Bonchev–Trinajstić information content (AvgIpc) is 2.83. The zero-order chi connectivity index (χ0) is 26.8. The zero-order valence-electron chi connectivity index (χ0n) is 25.0. The number of rotatable bonds is 22. The molecule has 36 heavy (non-hydrogen) atoms. The first-order valence-electron chi connectivity index (χ1n) is 15.7. The third-order valence-corrected chi connectivity index (χ3v) is 7.98. The molecule has 0 aliphatic heterocycles. The Kier molecular flexibility index (Phi) is 18.0. The Bertz CT molecular complexity index is 703. The Morgan fingerprint density at radius 3 is 1.78 bits per heavy atom. The predicted molar refractivity (Wildman–Crippen MR) is 158 cm³/mol. The van der Waals surface area contributed by atoms with E-state index in [4.69, 9.17) is 0 Å². The van der Waals surface area contributed by atoms with Crippen LogP contribution in [0.5, 0.6) is 0 Å². The van der Waals surface area contributed by atoms with Gasteiger partial charge in [-0.05, 0) is 72.6 Å². The van der Waals surface area contributed by atoms with Gasteiger partial charge in [0, 0.05) is 0 Å². The Hall–Kier alpha value is -1.31. The summed E-state index contributed by atoms with van der Waals surface area (Å²) in [6, 6.07) is 4.08. The van der Waals surface area contributed by atoms with Crippen LogP contribution in [0.1, 0.15) is 165 Å². The number of benzene rings is 1. The molecule has 1 N–H and O–H groups in total. The summed E-state index contributed by atoms with van der Waals surface area (Å²) < 4.78 is 0. The molecule has 0 bridgehead atoms. The van der Waals surface area contributed by atoms with E-state index in [1.54, 1.807) is 0 Å². The lowest BCUT2D eigenvalue weighted by Crippen LogP contribution is -2.13. The first kappa shape index (κ1) is 32.7. The van der Waals surface area contributed by atoms with Crippen molar-refractivity contribution in [3.05, 3.63) is 34.4 Å². The molecule has 0 aliphatic rings. The van der Waals surface area contributed by atoms with E-state index in [0.29, 0.717) is 11.5 Å². The van der Waals surface area contributed by atoms with Gasteiger partial charge in [0.15, 0.2) is 0 Å². The van der Waals surface area contributed by atoms with Crippen molar-refractivity contribution >= 4 is 5.97 Å². The Morgan fingerprint density at radius 1 is 0.694 bits per heavy atom. The summed E-state index contributed by atoms with van der Waals surface area (Å²) in [5, 5.41) is 10.1. The molecule has 0 aliphatic carbocycles. The molecule has 0 heterocycles. The summed E-state index contributed by atoms with van der Waals surface area (Å²) >= 11 is 0. The van der Waals surface area contributed by atoms with E-state index in [1.165, 1.54) is 101 Å². The maximum atomic E-state index is 12.2. The molecule has 2 heteroatoms. The molecule has 1 unspecified atom stereocenters. The van der Waals surface area contributed by atoms with Crippen LogP contribution in [0.2, 0.25) is 0 Å². The van der Waals surface area contributed by atoms with Crippen LogP contribution in [0.15, 0.2) is 12.1 Å². The van der Waals surface area contributed by atoms with Gasteiger partial charge in [0.05, 0.1) is 5.56 Å². The van der Waals surface area contributed by atoms with Gasteiger partial charge in [-0.1, -0.05) is 131 Å². The van der Waals surface area contributed by atoms with E-state index in [-0.39, 0.29) is 0 Å². The molecule has 1 atom stereocenters. The van der Waals surface area contributed by atoms with Crippen LogP contribution in [0.25, 0.3) is 0 Å². The molecule has 208 valence electrons. The van der Waals surface area contributed by atoms with Gasteiger partial charge in [0.2, 0.25) is 0 Å². The number of carbonyl (C=O) groups is 1. The highest BCUT2D eigenvalue weighted by molar-refractivity contribution is 5.90. The predicted octanol–water partition coefficient (Wildman–Crippen LogP) is 10.8. The number of aromatic carboxylic acids is 1. The molecule has 1 aromatic carbocycles. The van der Waals surface area contributed by atoms with E-state index in [2.05, 4.69) is 47.6 Å². The summed E-state index contributed by atoms with van der Waals surface area (Å²) in [7, 11) is 0. The number of hydrogen-bond acceptors (Lipinski definition) is 1. The molecular weight excluding hydrogens is 440 g/mol. The van der Waals surface area contributed by atoms with E-state index < -0.39 is 5.97 Å². The quantitative estimate of drug-likeness (QED) is 0.161. The Balaban J connectivity index is 2.97. The molecule has 0 fully saturated rings. The monoisotopic (exact) mass is 500 g/mol. The lowest BCUT2D eigenvalue weighted by atomic mass is 9.83. The molecule has 0 spiro atoms. The first-order valence-corrected chi connectivity index (χ1v) is 15.7. The smallest absolute Gasteiger partial charge is 0.335 e. The fourth-order valence-corrected chi connectivity index (χ4v) is 5.55. The fourth-order valence-electron chi connectivity index (χ4n) is 5.55. The van der Waals surface area contributed by atoms with Crippen molar-refractivity contribution < 1.29 is 9.90 Å². The van der Waals surface area contributed by atoms with Crippen molar-refractivity contribution in [3.8, 4) is 0 Å². The van der Waals surface area contributed by atoms with Crippen LogP contribution in [-0.2, 0) is 19.3 Å². The Morgan fingerprint density at radius 2 is 1.25 bits per heavy atom. The zero-order valence-corrected chi connectivity index (χ0v) is 25.0. The van der Waals surface area contributed by atoms with Gasteiger partial charge in [-0.3, -0.25) is 0 Å². The minimum absolute atomic E-state index is 0.566. The molecule has 1 aromatic rings. The van der Waals surface area contributed by atoms with Gasteiger partial charge < -0.3 is 5.11 Å². The fraction of sp³-hybridized carbons (Fsp3) is 0.794. The first-order chi connectivity index (χ1) is 17.3. The summed E-state index contributed by atoms with van der Waals surface area (Å²) in [6.07, 6.45) is 22.1. The molecular formula is C34H60O2. The molecule has 0 saturated heterocycles. The van der Waals surface area contributed by atoms with E-state index in [9.17, 15) is 9.90 Å². The molecule has 0 saturated carbocycles. The van der Waals surface area contributed by atoms with Crippen LogP contribution >= 0.6 is 0 Å². The second-order valence-corrected chi connectivity index (χ2v) is 12.2. The third kappa shape index (κ3) is 13.8. The van der Waals surface area contributed by atoms with E-state index in [0.717, 1.165) is 43.1 Å². The largest absolute Gasteiger partial charge is 0.478 e. The van der Waals surface area contributed by atoms with Crippen LogP contribution < -0.4 is 0 Å². The lowest BCUT2D eigenvalue weighted by molar-refractivity contribution is 0.0695. The highest BCUT2D eigenvalue weighted by Crippen LogP contribution is 2.29. The highest BCUT2D eigenvalue weighted by atomic mass is 16.4. The van der Waals surface area contributed by atoms with Crippen molar-refractivity contribution in [1.29, 1.82) is 0 Å². The van der Waals surface area contributed by atoms with Crippen molar-refractivity contribution in [2.24, 2.45) is 17.8 Å². The second kappa shape index (κ2) is 19.8. The number of aryl methyl sites for hydroxylation is 1. The van der Waals surface area contributed by atoms with Crippen LogP contribution in [0.4, 0.5) is 0 Å². The molecule has 0 radical (unpaired) electrons. The number of carboxylic acids is 1. The molecule has 0 aromatic heterocycles. The van der Waals surface area contributed by atoms with Crippen molar-refractivity contribution in [3.63, 3.8) is 0 Å². The number of carboxylic acid groups (broad SMARTS) is 1. The Labute approximate surface area is 225 Å². The second-order valence-electron chi connectivity index (χ2n) is 12.2. The molecule has 0 amide bonds.